The van der Waals surface area contributed by atoms with Crippen LogP contribution in [0, 0.1) is 6.92 Å². The van der Waals surface area contributed by atoms with E-state index in [9.17, 15) is 4.79 Å². The number of nitrogen functional groups attached to an aromatic ring is 1. The second-order valence-electron chi connectivity index (χ2n) is 5.34. The monoisotopic (exact) mass is 286 g/mol. The van der Waals surface area contributed by atoms with Crippen molar-refractivity contribution < 1.29 is 4.79 Å². The number of hydrogen-bond donors (Lipinski definition) is 2. The molecule has 1 saturated heterocycles. The predicted octanol–water partition coefficient (Wildman–Crippen LogP) is 0.719. The van der Waals surface area contributed by atoms with Gasteiger partial charge in [-0.05, 0) is 44.5 Å². The van der Waals surface area contributed by atoms with E-state index in [0.717, 1.165) is 31.5 Å². The van der Waals surface area contributed by atoms with Crippen molar-refractivity contribution in [2.75, 3.05) is 18.8 Å². The first-order valence-electron chi connectivity index (χ1n) is 7.04. The summed E-state index contributed by atoms with van der Waals surface area (Å²) in [6, 6.07) is 2.03. The fourth-order valence-electron chi connectivity index (χ4n) is 2.53. The lowest BCUT2D eigenvalue weighted by Crippen LogP contribution is -2.29. The van der Waals surface area contributed by atoms with Crippen LogP contribution in [-0.2, 0) is 0 Å². The van der Waals surface area contributed by atoms with Gasteiger partial charge in [0.2, 0.25) is 5.78 Å². The summed E-state index contributed by atoms with van der Waals surface area (Å²) in [4.78, 5) is 16.5. The van der Waals surface area contributed by atoms with Crippen molar-refractivity contribution in [3.05, 3.63) is 35.3 Å². The van der Waals surface area contributed by atoms with E-state index in [2.05, 4.69) is 20.6 Å². The molecule has 0 aromatic carbocycles. The lowest BCUT2D eigenvalue weighted by atomic mass is 10.1. The Bertz CT molecular complexity index is 659. The van der Waals surface area contributed by atoms with Gasteiger partial charge in [0.1, 0.15) is 5.82 Å². The molecule has 3 N–H and O–H groups in total. The Kier molecular flexibility index (Phi) is 3.66. The normalized spacial score (nSPS) is 16.0. The topological polar surface area (TPSA) is 98.7 Å². The van der Waals surface area contributed by atoms with E-state index in [4.69, 9.17) is 5.73 Å². The number of hydrogen-bond acceptors (Lipinski definition) is 6. The number of carbonyl (C=O) groups is 1. The van der Waals surface area contributed by atoms with Crippen LogP contribution in [0.15, 0.2) is 18.5 Å². The van der Waals surface area contributed by atoms with Crippen LogP contribution in [-0.4, -0.2) is 38.9 Å². The number of aromatic nitrogens is 4. The maximum atomic E-state index is 12.5. The van der Waals surface area contributed by atoms with Crippen LogP contribution in [0.25, 0.3) is 0 Å². The van der Waals surface area contributed by atoms with Crippen LogP contribution >= 0.6 is 0 Å². The summed E-state index contributed by atoms with van der Waals surface area (Å²) in [6.07, 6.45) is 5.33. The Morgan fingerprint density at radius 1 is 1.43 bits per heavy atom. The number of nitrogens with one attached hydrogen (secondary N) is 1. The summed E-state index contributed by atoms with van der Waals surface area (Å²) in [7, 11) is 0. The van der Waals surface area contributed by atoms with E-state index >= 15 is 0 Å². The highest BCUT2D eigenvalue weighted by atomic mass is 16.1. The number of piperidine rings is 1. The van der Waals surface area contributed by atoms with Gasteiger partial charge in [0.25, 0.3) is 0 Å². The number of nitrogens with zero attached hydrogens (tertiary/aromatic N) is 4. The number of pyridine rings is 1. The molecule has 0 atom stereocenters. The molecule has 0 amide bonds. The molecular weight excluding hydrogens is 268 g/mol. The lowest BCUT2D eigenvalue weighted by Gasteiger charge is -2.22. The first-order valence-corrected chi connectivity index (χ1v) is 7.04. The molecule has 0 spiro atoms. The zero-order chi connectivity index (χ0) is 14.8. The van der Waals surface area contributed by atoms with E-state index in [1.807, 2.05) is 6.92 Å². The van der Waals surface area contributed by atoms with Gasteiger partial charge in [-0.2, -0.15) is 0 Å². The fourth-order valence-corrected chi connectivity index (χ4v) is 2.53. The Hall–Kier alpha value is -2.28. The van der Waals surface area contributed by atoms with Crippen molar-refractivity contribution in [1.82, 2.24) is 25.3 Å². The van der Waals surface area contributed by atoms with Crippen LogP contribution in [0.2, 0.25) is 0 Å². The summed E-state index contributed by atoms with van der Waals surface area (Å²) in [5.41, 5.74) is 7.36. The lowest BCUT2D eigenvalue weighted by molar-refractivity contribution is 0.103. The Balaban J connectivity index is 1.85. The highest BCUT2D eigenvalue weighted by Gasteiger charge is 2.21. The Morgan fingerprint density at radius 3 is 2.95 bits per heavy atom. The molecule has 0 bridgehead atoms. The molecule has 0 aliphatic carbocycles. The summed E-state index contributed by atoms with van der Waals surface area (Å²) in [5, 5.41) is 11.4. The van der Waals surface area contributed by atoms with Gasteiger partial charge >= 0.3 is 0 Å². The minimum absolute atomic E-state index is 0.224. The maximum Gasteiger partial charge on any atom is 0.218 e. The summed E-state index contributed by atoms with van der Waals surface area (Å²) < 4.78 is 1.79. The molecule has 7 nitrogen and oxygen atoms in total. The van der Waals surface area contributed by atoms with E-state index < -0.39 is 0 Å². The molecule has 1 aliphatic heterocycles. The first-order chi connectivity index (χ1) is 10.1. The molecule has 0 radical (unpaired) electrons. The molecule has 3 heterocycles. The second-order valence-corrected chi connectivity index (χ2v) is 5.34. The average Bonchev–Trinajstić information content (AvgIpc) is 3.00. The van der Waals surface area contributed by atoms with E-state index in [1.165, 1.54) is 0 Å². The van der Waals surface area contributed by atoms with Gasteiger partial charge in [-0.25, -0.2) is 9.67 Å². The molecule has 3 rings (SSSR count). The SMILES string of the molecule is Cc1cnc(N)c(C(=O)c2cn(C3CCNCC3)nn2)c1. The molecule has 1 fully saturated rings. The third kappa shape index (κ3) is 2.78. The number of nitrogens with two attached hydrogens (primary N) is 1. The van der Waals surface area contributed by atoms with Gasteiger partial charge in [-0.1, -0.05) is 5.21 Å². The van der Waals surface area contributed by atoms with Crippen molar-refractivity contribution in [1.29, 1.82) is 0 Å². The first kappa shape index (κ1) is 13.7. The maximum absolute atomic E-state index is 12.5. The Morgan fingerprint density at radius 2 is 2.19 bits per heavy atom. The molecular formula is C14H18N6O. The molecule has 0 saturated carbocycles. The molecule has 21 heavy (non-hydrogen) atoms. The van der Waals surface area contributed by atoms with Gasteiger partial charge in [0.05, 0.1) is 17.8 Å². The second kappa shape index (κ2) is 5.61. The standard InChI is InChI=1S/C14H18N6O/c1-9-6-11(14(15)17-7-9)13(21)12-8-20(19-18-12)10-2-4-16-5-3-10/h6-8,10,16H,2-5H2,1H3,(H2,15,17). The minimum atomic E-state index is -0.233. The number of rotatable bonds is 3. The molecule has 1 aliphatic rings. The summed E-state index contributed by atoms with van der Waals surface area (Å²) in [6.45, 7) is 3.79. The number of aryl methyl sites for hydroxylation is 1. The summed E-state index contributed by atoms with van der Waals surface area (Å²) >= 11 is 0. The quantitative estimate of drug-likeness (QED) is 0.807. The largest absolute Gasteiger partial charge is 0.383 e. The fraction of sp³-hybridized carbons (Fsp3) is 0.429. The molecule has 7 heteroatoms. The van der Waals surface area contributed by atoms with Gasteiger partial charge in [-0.15, -0.1) is 5.10 Å². The third-order valence-electron chi connectivity index (χ3n) is 3.73. The van der Waals surface area contributed by atoms with Gasteiger partial charge in [0, 0.05) is 6.20 Å². The van der Waals surface area contributed by atoms with Crippen molar-refractivity contribution >= 4 is 11.6 Å². The average molecular weight is 286 g/mol. The summed E-state index contributed by atoms with van der Waals surface area (Å²) in [5.74, 6) is -0.00843. The Labute approximate surface area is 122 Å². The number of carbonyl (C=O) groups excluding carboxylic acids is 1. The van der Waals surface area contributed by atoms with E-state index in [0.29, 0.717) is 17.3 Å². The smallest absolute Gasteiger partial charge is 0.218 e. The molecule has 2 aromatic rings. The van der Waals surface area contributed by atoms with Crippen molar-refractivity contribution in [2.45, 2.75) is 25.8 Å². The van der Waals surface area contributed by atoms with Crippen LogP contribution in [0.5, 0.6) is 0 Å². The van der Waals surface area contributed by atoms with Crippen molar-refractivity contribution in [3.8, 4) is 0 Å². The zero-order valence-corrected chi connectivity index (χ0v) is 11.9. The number of ketones is 1. The molecule has 110 valence electrons. The van der Waals surface area contributed by atoms with Gasteiger partial charge in [0.15, 0.2) is 5.69 Å². The minimum Gasteiger partial charge on any atom is -0.383 e. The van der Waals surface area contributed by atoms with Gasteiger partial charge < -0.3 is 11.1 Å². The zero-order valence-electron chi connectivity index (χ0n) is 11.9. The van der Waals surface area contributed by atoms with Crippen molar-refractivity contribution in [3.63, 3.8) is 0 Å². The van der Waals surface area contributed by atoms with E-state index in [1.54, 1.807) is 23.1 Å². The highest BCUT2D eigenvalue weighted by Crippen LogP contribution is 2.19. The third-order valence-corrected chi connectivity index (χ3v) is 3.73. The van der Waals surface area contributed by atoms with Crippen LogP contribution in [0.3, 0.4) is 0 Å². The predicted molar refractivity (Wildman–Crippen MR) is 78.0 cm³/mol. The molecule has 0 unspecified atom stereocenters. The van der Waals surface area contributed by atoms with Crippen LogP contribution in [0.1, 0.15) is 40.5 Å². The number of anilines is 1. The van der Waals surface area contributed by atoms with Gasteiger partial charge in [-0.3, -0.25) is 4.79 Å². The van der Waals surface area contributed by atoms with E-state index in [-0.39, 0.29) is 11.6 Å². The molecule has 2 aromatic heterocycles. The van der Waals surface area contributed by atoms with Crippen LogP contribution in [0.4, 0.5) is 5.82 Å². The highest BCUT2D eigenvalue weighted by molar-refractivity contribution is 6.10. The van der Waals surface area contributed by atoms with Crippen LogP contribution < -0.4 is 11.1 Å². The van der Waals surface area contributed by atoms with Crippen molar-refractivity contribution in [2.24, 2.45) is 0 Å².